The number of nitrogens with zero attached hydrogens (tertiary/aromatic N) is 1. The molecule has 4 amide bonds. The van der Waals surface area contributed by atoms with Crippen LogP contribution in [0.1, 0.15) is 19.3 Å². The highest BCUT2D eigenvalue weighted by Crippen LogP contribution is 2.25. The van der Waals surface area contributed by atoms with Crippen LogP contribution in [0.2, 0.25) is 0 Å². The van der Waals surface area contributed by atoms with Gasteiger partial charge in [0.1, 0.15) is 6.61 Å². The van der Waals surface area contributed by atoms with Crippen molar-refractivity contribution in [3.63, 3.8) is 0 Å². The Balaban J connectivity index is 2.21. The first-order valence-electron chi connectivity index (χ1n) is 5.31. The number of hydrogen-bond donors (Lipinski definition) is 1. The van der Waals surface area contributed by atoms with Gasteiger partial charge in [0.05, 0.1) is 12.0 Å². The standard InChI is InChI=1S/C10H11N2O5/c13-4-6(5-3-7(14)11-10(5)17)12-8(15)1-2-9(12)16/h5-6H,1-4H2,(H,11,14,17). The SMILES string of the molecule is [O]CC(C1CC(=O)NC1=O)N1C(=O)CCC1=O. The molecule has 2 aliphatic heterocycles. The van der Waals surface area contributed by atoms with Crippen LogP contribution >= 0.6 is 0 Å². The van der Waals surface area contributed by atoms with Crippen molar-refractivity contribution in [2.24, 2.45) is 5.92 Å². The minimum absolute atomic E-state index is 0.0671. The van der Waals surface area contributed by atoms with E-state index in [2.05, 4.69) is 5.32 Å². The number of carbonyl (C=O) groups is 4. The van der Waals surface area contributed by atoms with Crippen molar-refractivity contribution in [1.29, 1.82) is 0 Å². The molecule has 91 valence electrons. The fourth-order valence-corrected chi connectivity index (χ4v) is 2.22. The highest BCUT2D eigenvalue weighted by molar-refractivity contribution is 6.06. The van der Waals surface area contributed by atoms with Gasteiger partial charge in [0.25, 0.3) is 0 Å². The van der Waals surface area contributed by atoms with Gasteiger partial charge in [-0.05, 0) is 0 Å². The van der Waals surface area contributed by atoms with Crippen molar-refractivity contribution >= 4 is 23.6 Å². The molecule has 2 atom stereocenters. The Morgan fingerprint density at radius 2 is 1.76 bits per heavy atom. The van der Waals surface area contributed by atoms with Gasteiger partial charge in [-0.3, -0.25) is 29.4 Å². The second-order valence-electron chi connectivity index (χ2n) is 4.11. The van der Waals surface area contributed by atoms with Crippen molar-refractivity contribution < 1.29 is 24.3 Å². The lowest BCUT2D eigenvalue weighted by Crippen LogP contribution is -2.48. The normalized spacial score (nSPS) is 26.6. The molecule has 0 aromatic rings. The van der Waals surface area contributed by atoms with E-state index in [1.165, 1.54) is 0 Å². The summed E-state index contributed by atoms with van der Waals surface area (Å²) in [5, 5.41) is 13.2. The van der Waals surface area contributed by atoms with Crippen LogP contribution in [0.3, 0.4) is 0 Å². The van der Waals surface area contributed by atoms with Gasteiger partial charge in [-0.1, -0.05) is 0 Å². The highest BCUT2D eigenvalue weighted by atomic mass is 16.3. The monoisotopic (exact) mass is 239 g/mol. The number of nitrogens with one attached hydrogen (secondary N) is 1. The zero-order valence-electron chi connectivity index (χ0n) is 8.97. The molecule has 1 radical (unpaired) electrons. The first-order valence-corrected chi connectivity index (χ1v) is 5.31. The third-order valence-corrected chi connectivity index (χ3v) is 3.06. The van der Waals surface area contributed by atoms with Crippen LogP contribution in [0.5, 0.6) is 0 Å². The lowest BCUT2D eigenvalue weighted by atomic mass is 9.97. The summed E-state index contributed by atoms with van der Waals surface area (Å²) in [6.45, 7) is -0.761. The van der Waals surface area contributed by atoms with E-state index in [9.17, 15) is 24.3 Å². The van der Waals surface area contributed by atoms with Crippen LogP contribution in [0.15, 0.2) is 0 Å². The molecular formula is C10H11N2O5. The van der Waals surface area contributed by atoms with Crippen molar-refractivity contribution in [1.82, 2.24) is 10.2 Å². The van der Waals surface area contributed by atoms with E-state index in [4.69, 9.17) is 0 Å². The lowest BCUT2D eigenvalue weighted by Gasteiger charge is -2.26. The Morgan fingerprint density at radius 1 is 1.18 bits per heavy atom. The van der Waals surface area contributed by atoms with Crippen molar-refractivity contribution in [2.75, 3.05) is 6.61 Å². The van der Waals surface area contributed by atoms with Gasteiger partial charge in [-0.2, -0.15) is 0 Å². The van der Waals surface area contributed by atoms with Crippen molar-refractivity contribution in [3.8, 4) is 0 Å². The summed E-state index contributed by atoms with van der Waals surface area (Å²) in [5.41, 5.74) is 0. The van der Waals surface area contributed by atoms with E-state index in [1.807, 2.05) is 0 Å². The predicted molar refractivity (Wildman–Crippen MR) is 51.7 cm³/mol. The third-order valence-electron chi connectivity index (χ3n) is 3.06. The number of imide groups is 2. The molecule has 7 nitrogen and oxygen atoms in total. The van der Waals surface area contributed by atoms with Gasteiger partial charge in [0.2, 0.25) is 23.6 Å². The summed E-state index contributed by atoms with van der Waals surface area (Å²) >= 11 is 0. The average Bonchev–Trinajstić information content (AvgIpc) is 2.76. The molecule has 7 heteroatoms. The number of hydrogen-bond acceptors (Lipinski definition) is 4. The lowest BCUT2D eigenvalue weighted by molar-refractivity contribution is -0.145. The topological polar surface area (TPSA) is 103 Å². The number of rotatable bonds is 3. The molecule has 0 saturated carbocycles. The van der Waals surface area contributed by atoms with Crippen LogP contribution in [-0.4, -0.2) is 41.2 Å². The Bertz CT molecular complexity index is 390. The second-order valence-corrected chi connectivity index (χ2v) is 4.11. The van der Waals surface area contributed by atoms with Gasteiger partial charge >= 0.3 is 0 Å². The zero-order valence-corrected chi connectivity index (χ0v) is 8.97. The Hall–Kier alpha value is -1.76. The first kappa shape index (κ1) is 11.7. The molecule has 0 aliphatic carbocycles. The summed E-state index contributed by atoms with van der Waals surface area (Å²) in [6.07, 6.45) is -0.00195. The van der Waals surface area contributed by atoms with Gasteiger partial charge in [0.15, 0.2) is 0 Å². The summed E-state index contributed by atoms with van der Waals surface area (Å²) < 4.78 is 0. The molecule has 0 bridgehead atoms. The minimum atomic E-state index is -1.04. The minimum Gasteiger partial charge on any atom is -0.296 e. The largest absolute Gasteiger partial charge is 0.296 e. The third kappa shape index (κ3) is 1.93. The van der Waals surface area contributed by atoms with E-state index < -0.39 is 42.2 Å². The molecule has 2 heterocycles. The first-order chi connectivity index (χ1) is 8.04. The van der Waals surface area contributed by atoms with Crippen LogP contribution in [0, 0.1) is 5.92 Å². The Labute approximate surface area is 96.8 Å². The van der Waals surface area contributed by atoms with Crippen LogP contribution in [0.25, 0.3) is 0 Å². The molecule has 2 saturated heterocycles. The van der Waals surface area contributed by atoms with Gasteiger partial charge in [0, 0.05) is 19.3 Å². The van der Waals surface area contributed by atoms with Crippen LogP contribution in [0.4, 0.5) is 0 Å². The van der Waals surface area contributed by atoms with E-state index in [0.717, 1.165) is 4.90 Å². The summed E-state index contributed by atoms with van der Waals surface area (Å²) in [6, 6.07) is -1.04. The smallest absolute Gasteiger partial charge is 0.232 e. The second kappa shape index (κ2) is 4.25. The van der Waals surface area contributed by atoms with E-state index >= 15 is 0 Å². The molecule has 0 aromatic heterocycles. The predicted octanol–water partition coefficient (Wildman–Crippen LogP) is -1.40. The maximum absolute atomic E-state index is 11.5. The fourth-order valence-electron chi connectivity index (χ4n) is 2.22. The highest BCUT2D eigenvalue weighted by Gasteiger charge is 2.45. The Kier molecular flexibility index (Phi) is 2.93. The van der Waals surface area contributed by atoms with E-state index in [0.29, 0.717) is 0 Å². The quantitative estimate of drug-likeness (QED) is 0.611. The molecule has 2 aliphatic rings. The molecule has 2 unspecified atom stereocenters. The Morgan fingerprint density at radius 3 is 2.18 bits per heavy atom. The zero-order chi connectivity index (χ0) is 12.6. The number of likely N-dealkylation sites (tertiary alicyclic amines) is 1. The van der Waals surface area contributed by atoms with Crippen LogP contribution in [-0.2, 0) is 24.3 Å². The summed E-state index contributed by atoms with van der Waals surface area (Å²) in [5.74, 6) is -2.84. The van der Waals surface area contributed by atoms with Crippen molar-refractivity contribution in [2.45, 2.75) is 25.3 Å². The molecule has 0 spiro atoms. The molecule has 0 aromatic carbocycles. The maximum Gasteiger partial charge on any atom is 0.232 e. The molecule has 17 heavy (non-hydrogen) atoms. The average molecular weight is 239 g/mol. The van der Waals surface area contributed by atoms with Gasteiger partial charge in [-0.25, -0.2) is 5.11 Å². The molecule has 1 N–H and O–H groups in total. The van der Waals surface area contributed by atoms with Crippen LogP contribution < -0.4 is 5.32 Å². The molecule has 2 fully saturated rings. The van der Waals surface area contributed by atoms with Crippen molar-refractivity contribution in [3.05, 3.63) is 0 Å². The maximum atomic E-state index is 11.5. The fraction of sp³-hybridized carbons (Fsp3) is 0.600. The number of carbonyl (C=O) groups excluding carboxylic acids is 4. The van der Waals surface area contributed by atoms with E-state index in [-0.39, 0.29) is 19.3 Å². The van der Waals surface area contributed by atoms with Gasteiger partial charge in [-0.15, -0.1) is 0 Å². The summed E-state index contributed by atoms with van der Waals surface area (Å²) in [7, 11) is 0. The number of amides is 4. The van der Waals surface area contributed by atoms with E-state index in [1.54, 1.807) is 0 Å². The molecule has 2 rings (SSSR count). The summed E-state index contributed by atoms with van der Waals surface area (Å²) in [4.78, 5) is 46.3. The molecular weight excluding hydrogens is 228 g/mol. The van der Waals surface area contributed by atoms with Gasteiger partial charge < -0.3 is 0 Å².